The Morgan fingerprint density at radius 1 is 0.794 bits per heavy atom. The van der Waals surface area contributed by atoms with Gasteiger partial charge in [-0.15, -0.1) is 0 Å². The van der Waals surface area contributed by atoms with Gasteiger partial charge in [0.2, 0.25) is 0 Å². The van der Waals surface area contributed by atoms with Gasteiger partial charge < -0.3 is 9.80 Å². The maximum Gasteiger partial charge on any atom is 0.416 e. The van der Waals surface area contributed by atoms with Crippen molar-refractivity contribution in [3.05, 3.63) is 77.3 Å². The molecule has 178 valence electrons. The highest BCUT2D eigenvalue weighted by Gasteiger charge is 2.33. The molecular formula is C26H25ClF3N3S. The van der Waals surface area contributed by atoms with Gasteiger partial charge in [-0.3, -0.25) is 4.90 Å². The molecule has 2 aliphatic rings. The lowest BCUT2D eigenvalue weighted by molar-refractivity contribution is -0.137. The molecule has 5 rings (SSSR count). The van der Waals surface area contributed by atoms with Gasteiger partial charge in [-0.1, -0.05) is 35.5 Å². The van der Waals surface area contributed by atoms with Gasteiger partial charge in [0.1, 0.15) is 0 Å². The van der Waals surface area contributed by atoms with E-state index in [0.717, 1.165) is 59.6 Å². The predicted octanol–water partition coefficient (Wildman–Crippen LogP) is 7.17. The van der Waals surface area contributed by atoms with Gasteiger partial charge in [-0.05, 0) is 67.6 Å². The number of anilines is 3. The fraction of sp³-hybridized carbons (Fsp3) is 0.308. The van der Waals surface area contributed by atoms with Crippen molar-refractivity contribution in [2.75, 3.05) is 49.1 Å². The minimum absolute atomic E-state index is 0.602. The number of hydrogen-bond donors (Lipinski definition) is 0. The molecule has 0 atom stereocenters. The molecule has 3 nitrogen and oxygen atoms in total. The minimum Gasteiger partial charge on any atom is -0.369 e. The van der Waals surface area contributed by atoms with Crippen molar-refractivity contribution in [3.63, 3.8) is 0 Å². The smallest absolute Gasteiger partial charge is 0.369 e. The highest BCUT2D eigenvalue weighted by Crippen LogP contribution is 2.49. The van der Waals surface area contributed by atoms with Crippen LogP contribution in [0.1, 0.15) is 12.0 Å². The molecule has 8 heteroatoms. The monoisotopic (exact) mass is 503 g/mol. The number of piperazine rings is 1. The highest BCUT2D eigenvalue weighted by atomic mass is 35.5. The molecule has 0 unspecified atom stereocenters. The topological polar surface area (TPSA) is 9.72 Å². The van der Waals surface area contributed by atoms with Crippen LogP contribution in [0.4, 0.5) is 30.2 Å². The van der Waals surface area contributed by atoms with Crippen molar-refractivity contribution >= 4 is 40.4 Å². The Balaban J connectivity index is 1.25. The number of halogens is 4. The number of rotatable bonds is 5. The van der Waals surface area contributed by atoms with Crippen molar-refractivity contribution < 1.29 is 13.2 Å². The molecule has 0 amide bonds. The summed E-state index contributed by atoms with van der Waals surface area (Å²) < 4.78 is 40.2. The second-order valence-electron chi connectivity index (χ2n) is 8.56. The maximum atomic E-state index is 13.4. The Kier molecular flexibility index (Phi) is 6.69. The molecule has 0 radical (unpaired) electrons. The quantitative estimate of drug-likeness (QED) is 0.365. The SMILES string of the molecule is FC(F)(F)c1ccc2c(c1)N(CCCN1CCN(c3ccc(Cl)cc3)CC1)c1ccccc1S2. The molecular weight excluding hydrogens is 479 g/mol. The lowest BCUT2D eigenvalue weighted by Crippen LogP contribution is -2.47. The van der Waals surface area contributed by atoms with E-state index in [1.807, 2.05) is 36.4 Å². The summed E-state index contributed by atoms with van der Waals surface area (Å²) in [6, 6.07) is 20.0. The normalized spacial score (nSPS) is 16.4. The molecule has 1 fully saturated rings. The second-order valence-corrected chi connectivity index (χ2v) is 10.1. The molecule has 0 aliphatic carbocycles. The zero-order valence-corrected chi connectivity index (χ0v) is 20.1. The van der Waals surface area contributed by atoms with Gasteiger partial charge in [-0.25, -0.2) is 0 Å². The van der Waals surface area contributed by atoms with Crippen LogP contribution in [-0.2, 0) is 6.18 Å². The van der Waals surface area contributed by atoms with E-state index < -0.39 is 11.7 Å². The van der Waals surface area contributed by atoms with Gasteiger partial charge in [0, 0.05) is 53.2 Å². The first-order chi connectivity index (χ1) is 16.4. The number of hydrogen-bond acceptors (Lipinski definition) is 4. The largest absolute Gasteiger partial charge is 0.416 e. The third-order valence-electron chi connectivity index (χ3n) is 6.37. The molecule has 0 bridgehead atoms. The molecule has 0 aromatic heterocycles. The first-order valence-corrected chi connectivity index (χ1v) is 12.6. The fourth-order valence-electron chi connectivity index (χ4n) is 4.58. The van der Waals surface area contributed by atoms with Crippen LogP contribution in [0.2, 0.25) is 5.02 Å². The number of nitrogens with zero attached hydrogens (tertiary/aromatic N) is 3. The van der Waals surface area contributed by atoms with Crippen LogP contribution in [0.5, 0.6) is 0 Å². The van der Waals surface area contributed by atoms with Crippen molar-refractivity contribution in [2.24, 2.45) is 0 Å². The Morgan fingerprint density at radius 3 is 2.24 bits per heavy atom. The Labute approximate surface area is 207 Å². The van der Waals surface area contributed by atoms with Crippen LogP contribution in [-0.4, -0.2) is 44.2 Å². The first-order valence-electron chi connectivity index (χ1n) is 11.4. The van der Waals surface area contributed by atoms with E-state index in [1.54, 1.807) is 6.07 Å². The molecule has 0 N–H and O–H groups in total. The molecule has 34 heavy (non-hydrogen) atoms. The second kappa shape index (κ2) is 9.72. The number of benzene rings is 3. The summed E-state index contributed by atoms with van der Waals surface area (Å²) >= 11 is 7.53. The molecule has 0 spiro atoms. The summed E-state index contributed by atoms with van der Waals surface area (Å²) in [6.45, 7) is 5.40. The standard InChI is InChI=1S/C26H25ClF3N3S/c27-20-7-9-21(10-8-20)32-16-14-31(15-17-32)12-3-13-33-22-4-1-2-5-24(22)34-25-11-6-19(18-23(25)33)26(28,29)30/h1-2,4-11,18H,3,12-17H2. The molecule has 2 heterocycles. The van der Waals surface area contributed by atoms with Gasteiger partial charge in [0.05, 0.1) is 16.9 Å². The lowest BCUT2D eigenvalue weighted by Gasteiger charge is -2.37. The number of para-hydroxylation sites is 1. The summed E-state index contributed by atoms with van der Waals surface area (Å²) in [5, 5.41) is 0.740. The molecule has 3 aromatic rings. The van der Waals surface area contributed by atoms with Gasteiger partial charge in [0.25, 0.3) is 0 Å². The third kappa shape index (κ3) is 5.02. The Bertz CT molecular complexity index is 1140. The van der Waals surface area contributed by atoms with E-state index in [1.165, 1.54) is 29.6 Å². The molecule has 1 saturated heterocycles. The van der Waals surface area contributed by atoms with E-state index in [4.69, 9.17) is 11.6 Å². The van der Waals surface area contributed by atoms with E-state index in [-0.39, 0.29) is 0 Å². The molecule has 2 aliphatic heterocycles. The minimum atomic E-state index is -4.36. The summed E-state index contributed by atoms with van der Waals surface area (Å²) in [7, 11) is 0. The van der Waals surface area contributed by atoms with Crippen molar-refractivity contribution in [1.29, 1.82) is 0 Å². The zero-order valence-electron chi connectivity index (χ0n) is 18.6. The Hall–Kier alpha value is -2.35. The average molecular weight is 504 g/mol. The van der Waals surface area contributed by atoms with Crippen molar-refractivity contribution in [3.8, 4) is 0 Å². The number of fused-ring (bicyclic) bond motifs is 2. The van der Waals surface area contributed by atoms with E-state index >= 15 is 0 Å². The highest BCUT2D eigenvalue weighted by molar-refractivity contribution is 7.99. The van der Waals surface area contributed by atoms with Crippen LogP contribution in [0.15, 0.2) is 76.5 Å². The average Bonchev–Trinajstić information content (AvgIpc) is 2.84. The summed E-state index contributed by atoms with van der Waals surface area (Å²) in [4.78, 5) is 8.79. The maximum absolute atomic E-state index is 13.4. The molecule has 3 aromatic carbocycles. The predicted molar refractivity (Wildman–Crippen MR) is 134 cm³/mol. The summed E-state index contributed by atoms with van der Waals surface area (Å²) in [6.07, 6.45) is -3.48. The van der Waals surface area contributed by atoms with Crippen LogP contribution in [0, 0.1) is 0 Å². The van der Waals surface area contributed by atoms with E-state index in [9.17, 15) is 13.2 Å². The zero-order chi connectivity index (χ0) is 23.7. The van der Waals surface area contributed by atoms with Gasteiger partial charge in [-0.2, -0.15) is 13.2 Å². The summed E-state index contributed by atoms with van der Waals surface area (Å²) in [5.41, 5.74) is 2.20. The van der Waals surface area contributed by atoms with Crippen LogP contribution in [0.25, 0.3) is 0 Å². The van der Waals surface area contributed by atoms with Crippen LogP contribution < -0.4 is 9.80 Å². The van der Waals surface area contributed by atoms with E-state index in [2.05, 4.69) is 26.8 Å². The first kappa shape index (κ1) is 23.4. The third-order valence-corrected chi connectivity index (χ3v) is 7.76. The van der Waals surface area contributed by atoms with Gasteiger partial charge in [0.15, 0.2) is 0 Å². The lowest BCUT2D eigenvalue weighted by atomic mass is 10.1. The van der Waals surface area contributed by atoms with Crippen molar-refractivity contribution in [2.45, 2.75) is 22.4 Å². The van der Waals surface area contributed by atoms with Crippen molar-refractivity contribution in [1.82, 2.24) is 4.90 Å². The Morgan fingerprint density at radius 2 is 1.50 bits per heavy atom. The van der Waals surface area contributed by atoms with Crippen LogP contribution >= 0.6 is 23.4 Å². The fourth-order valence-corrected chi connectivity index (χ4v) is 5.78. The summed E-state index contributed by atoms with van der Waals surface area (Å²) in [5.74, 6) is 0. The van der Waals surface area contributed by atoms with Gasteiger partial charge >= 0.3 is 6.18 Å². The molecule has 0 saturated carbocycles. The van der Waals surface area contributed by atoms with E-state index in [0.29, 0.717) is 12.2 Å². The number of alkyl halides is 3. The van der Waals surface area contributed by atoms with Crippen LogP contribution in [0.3, 0.4) is 0 Å².